The van der Waals surface area contributed by atoms with E-state index in [0.29, 0.717) is 6.10 Å². The second-order valence-electron chi connectivity index (χ2n) is 4.39. The Hall–Kier alpha value is -0.870. The van der Waals surface area contributed by atoms with Crippen LogP contribution in [0.4, 0.5) is 0 Å². The first-order valence-corrected chi connectivity index (χ1v) is 6.29. The monoisotopic (exact) mass is 223 g/mol. The smallest absolute Gasteiger partial charge is 0.0790 e. The van der Waals surface area contributed by atoms with Crippen molar-refractivity contribution in [1.82, 2.24) is 15.3 Å². The lowest BCUT2D eigenvalue weighted by Gasteiger charge is -2.12. The summed E-state index contributed by atoms with van der Waals surface area (Å²) in [5.41, 5.74) is 4.26. The minimum absolute atomic E-state index is 0.419. The Morgan fingerprint density at radius 1 is 1.50 bits per heavy atom. The van der Waals surface area contributed by atoms with Crippen molar-refractivity contribution in [2.24, 2.45) is 0 Å². The summed E-state index contributed by atoms with van der Waals surface area (Å²) >= 11 is 0. The molecular weight excluding hydrogens is 202 g/mol. The van der Waals surface area contributed by atoms with Crippen LogP contribution in [-0.2, 0) is 17.9 Å². The van der Waals surface area contributed by atoms with E-state index in [0.717, 1.165) is 19.5 Å². The van der Waals surface area contributed by atoms with E-state index in [1.165, 1.54) is 31.4 Å². The van der Waals surface area contributed by atoms with Crippen LogP contribution in [0.15, 0.2) is 12.3 Å². The predicted octanol–water partition coefficient (Wildman–Crippen LogP) is 2.26. The van der Waals surface area contributed by atoms with Crippen LogP contribution in [-0.4, -0.2) is 15.9 Å². The standard InChI is InChI=1S/C12H21N3O/c1-2-9-15-11(7-8-13-15)10-14-16-12-5-3-4-6-12/h7-8,12,14H,2-6,9-10H2,1H3. The van der Waals surface area contributed by atoms with Crippen molar-refractivity contribution in [3.05, 3.63) is 18.0 Å². The molecule has 1 aliphatic carbocycles. The van der Waals surface area contributed by atoms with E-state index in [4.69, 9.17) is 4.84 Å². The molecular formula is C12H21N3O. The number of aromatic nitrogens is 2. The normalized spacial score (nSPS) is 17.1. The molecule has 90 valence electrons. The summed E-state index contributed by atoms with van der Waals surface area (Å²) in [4.78, 5) is 5.62. The van der Waals surface area contributed by atoms with E-state index < -0.39 is 0 Å². The van der Waals surface area contributed by atoms with Crippen LogP contribution in [0.2, 0.25) is 0 Å². The molecule has 1 aromatic heterocycles. The first kappa shape index (κ1) is 11.6. The largest absolute Gasteiger partial charge is 0.298 e. The van der Waals surface area contributed by atoms with Crippen LogP contribution < -0.4 is 5.48 Å². The van der Waals surface area contributed by atoms with Crippen LogP contribution in [0.25, 0.3) is 0 Å². The van der Waals surface area contributed by atoms with Gasteiger partial charge in [-0.1, -0.05) is 19.8 Å². The van der Waals surface area contributed by atoms with Gasteiger partial charge in [-0.2, -0.15) is 10.6 Å². The molecule has 0 amide bonds. The molecule has 1 aliphatic rings. The van der Waals surface area contributed by atoms with Crippen LogP contribution in [0.3, 0.4) is 0 Å². The molecule has 0 aliphatic heterocycles. The molecule has 0 atom stereocenters. The number of hydrogen-bond donors (Lipinski definition) is 1. The molecule has 1 N–H and O–H groups in total. The molecule has 0 saturated heterocycles. The third kappa shape index (κ3) is 3.06. The summed E-state index contributed by atoms with van der Waals surface area (Å²) in [6, 6.07) is 2.04. The summed E-state index contributed by atoms with van der Waals surface area (Å²) < 4.78 is 2.03. The molecule has 1 fully saturated rings. The lowest BCUT2D eigenvalue weighted by atomic mass is 10.3. The maximum atomic E-state index is 5.62. The lowest BCUT2D eigenvalue weighted by Crippen LogP contribution is -2.22. The molecule has 0 bridgehead atoms. The first-order valence-electron chi connectivity index (χ1n) is 6.29. The highest BCUT2D eigenvalue weighted by Gasteiger charge is 2.15. The lowest BCUT2D eigenvalue weighted by molar-refractivity contribution is -0.0254. The van der Waals surface area contributed by atoms with E-state index in [1.54, 1.807) is 0 Å². The molecule has 1 saturated carbocycles. The predicted molar refractivity (Wildman–Crippen MR) is 62.7 cm³/mol. The Bertz CT molecular complexity index is 305. The highest BCUT2D eigenvalue weighted by Crippen LogP contribution is 2.19. The van der Waals surface area contributed by atoms with Crippen molar-refractivity contribution in [2.75, 3.05) is 0 Å². The fourth-order valence-electron chi connectivity index (χ4n) is 2.16. The second kappa shape index (κ2) is 6.01. The van der Waals surface area contributed by atoms with Crippen molar-refractivity contribution >= 4 is 0 Å². The molecule has 4 heteroatoms. The zero-order valence-corrected chi connectivity index (χ0v) is 9.98. The molecule has 1 heterocycles. The number of hydroxylamine groups is 1. The third-order valence-corrected chi connectivity index (χ3v) is 3.05. The fourth-order valence-corrected chi connectivity index (χ4v) is 2.16. The van der Waals surface area contributed by atoms with Crippen molar-refractivity contribution in [2.45, 2.75) is 58.2 Å². The molecule has 0 spiro atoms. The van der Waals surface area contributed by atoms with E-state index in [9.17, 15) is 0 Å². The zero-order chi connectivity index (χ0) is 11.2. The maximum absolute atomic E-state index is 5.62. The second-order valence-corrected chi connectivity index (χ2v) is 4.39. The van der Waals surface area contributed by atoms with Gasteiger partial charge in [0.05, 0.1) is 18.3 Å². The van der Waals surface area contributed by atoms with E-state index in [1.807, 2.05) is 16.9 Å². The van der Waals surface area contributed by atoms with Crippen molar-refractivity contribution in [1.29, 1.82) is 0 Å². The molecule has 0 aromatic carbocycles. The highest BCUT2D eigenvalue weighted by atomic mass is 16.7. The summed E-state index contributed by atoms with van der Waals surface area (Å²) in [6.45, 7) is 3.89. The minimum Gasteiger partial charge on any atom is -0.298 e. The molecule has 1 aromatic rings. The highest BCUT2D eigenvalue weighted by molar-refractivity contribution is 4.99. The number of rotatable bonds is 6. The summed E-state index contributed by atoms with van der Waals surface area (Å²) in [5.74, 6) is 0. The molecule has 2 rings (SSSR count). The Labute approximate surface area is 96.9 Å². The quantitative estimate of drug-likeness (QED) is 0.752. The average Bonchev–Trinajstić information content (AvgIpc) is 2.91. The molecule has 0 unspecified atom stereocenters. The van der Waals surface area contributed by atoms with Gasteiger partial charge in [-0.05, 0) is 25.3 Å². The van der Waals surface area contributed by atoms with Gasteiger partial charge in [0, 0.05) is 12.7 Å². The number of nitrogens with zero attached hydrogens (tertiary/aromatic N) is 2. The fraction of sp³-hybridized carbons (Fsp3) is 0.750. The van der Waals surface area contributed by atoms with Crippen LogP contribution in [0.5, 0.6) is 0 Å². The van der Waals surface area contributed by atoms with E-state index in [-0.39, 0.29) is 0 Å². The van der Waals surface area contributed by atoms with Gasteiger partial charge in [-0.3, -0.25) is 9.52 Å². The van der Waals surface area contributed by atoms with Crippen LogP contribution in [0.1, 0.15) is 44.7 Å². The van der Waals surface area contributed by atoms with Gasteiger partial charge >= 0.3 is 0 Å². The topological polar surface area (TPSA) is 39.1 Å². The van der Waals surface area contributed by atoms with E-state index in [2.05, 4.69) is 17.5 Å². The summed E-state index contributed by atoms with van der Waals surface area (Å²) in [7, 11) is 0. The van der Waals surface area contributed by atoms with Crippen molar-refractivity contribution in [3.8, 4) is 0 Å². The third-order valence-electron chi connectivity index (χ3n) is 3.05. The Balaban J connectivity index is 1.73. The van der Waals surface area contributed by atoms with Crippen molar-refractivity contribution < 1.29 is 4.84 Å². The van der Waals surface area contributed by atoms with Gasteiger partial charge in [-0.15, -0.1) is 0 Å². The van der Waals surface area contributed by atoms with Gasteiger partial charge in [0.1, 0.15) is 0 Å². The van der Waals surface area contributed by atoms with Gasteiger partial charge in [-0.25, -0.2) is 0 Å². The van der Waals surface area contributed by atoms with Gasteiger partial charge in [0.2, 0.25) is 0 Å². The Kier molecular flexibility index (Phi) is 4.36. The molecule has 0 radical (unpaired) electrons. The SMILES string of the molecule is CCCn1nccc1CNOC1CCCC1. The number of hydrogen-bond acceptors (Lipinski definition) is 3. The number of aryl methyl sites for hydroxylation is 1. The number of nitrogens with one attached hydrogen (secondary N) is 1. The van der Waals surface area contributed by atoms with Gasteiger partial charge in [0.25, 0.3) is 0 Å². The van der Waals surface area contributed by atoms with Crippen LogP contribution in [0, 0.1) is 0 Å². The molecule has 16 heavy (non-hydrogen) atoms. The van der Waals surface area contributed by atoms with Gasteiger partial charge in [0.15, 0.2) is 0 Å². The summed E-state index contributed by atoms with van der Waals surface area (Å²) in [6.07, 6.45) is 8.38. The Morgan fingerprint density at radius 2 is 2.31 bits per heavy atom. The minimum atomic E-state index is 0.419. The molecule has 4 nitrogen and oxygen atoms in total. The van der Waals surface area contributed by atoms with Crippen LogP contribution >= 0.6 is 0 Å². The summed E-state index contributed by atoms with van der Waals surface area (Å²) in [5, 5.41) is 4.28. The Morgan fingerprint density at radius 3 is 3.06 bits per heavy atom. The maximum Gasteiger partial charge on any atom is 0.0790 e. The van der Waals surface area contributed by atoms with E-state index >= 15 is 0 Å². The van der Waals surface area contributed by atoms with Gasteiger partial charge < -0.3 is 0 Å². The average molecular weight is 223 g/mol. The first-order chi connectivity index (χ1) is 7.90. The van der Waals surface area contributed by atoms with Crippen molar-refractivity contribution in [3.63, 3.8) is 0 Å². The zero-order valence-electron chi connectivity index (χ0n) is 9.98.